The minimum atomic E-state index is -1.70. The summed E-state index contributed by atoms with van der Waals surface area (Å²) in [4.78, 5) is 0. The molecule has 0 radical (unpaired) electrons. The van der Waals surface area contributed by atoms with Gasteiger partial charge in [0.2, 0.25) is 9.13 Å². The van der Waals surface area contributed by atoms with Gasteiger partial charge in [0.1, 0.15) is 0 Å². The molecule has 0 nitrogen and oxygen atoms in total. The molecule has 50 valence electrons. The Hall–Kier alpha value is 0.147. The van der Waals surface area contributed by atoms with Gasteiger partial charge < -0.3 is 4.11 Å². The highest BCUT2D eigenvalue weighted by Crippen LogP contribution is 2.05. The SMILES string of the molecule is CCC[SiH](F)CCC. The Morgan fingerprint density at radius 2 is 1.50 bits per heavy atom. The van der Waals surface area contributed by atoms with Gasteiger partial charge in [0.05, 0.1) is 0 Å². The van der Waals surface area contributed by atoms with Gasteiger partial charge in [-0.3, -0.25) is 0 Å². The van der Waals surface area contributed by atoms with Crippen molar-refractivity contribution in [3.63, 3.8) is 0 Å². The third-order valence-electron chi connectivity index (χ3n) is 1.20. The first kappa shape index (κ1) is 8.15. The van der Waals surface area contributed by atoms with Crippen molar-refractivity contribution < 1.29 is 4.11 Å². The molecule has 0 heterocycles. The molecule has 0 atom stereocenters. The minimum Gasteiger partial charge on any atom is -0.318 e. The Bertz CT molecular complexity index is 41.8. The maximum atomic E-state index is 12.5. The van der Waals surface area contributed by atoms with E-state index in [4.69, 9.17) is 0 Å². The van der Waals surface area contributed by atoms with Crippen LogP contribution in [0.1, 0.15) is 26.7 Å². The van der Waals surface area contributed by atoms with Gasteiger partial charge >= 0.3 is 0 Å². The van der Waals surface area contributed by atoms with Gasteiger partial charge in [-0.25, -0.2) is 0 Å². The fourth-order valence-electron chi connectivity index (χ4n) is 0.771. The first-order valence-corrected chi connectivity index (χ1v) is 5.52. The van der Waals surface area contributed by atoms with Crippen LogP contribution in [-0.4, -0.2) is 9.13 Å². The third-order valence-corrected chi connectivity index (χ3v) is 3.61. The molecule has 0 spiro atoms. The molecular weight excluding hydrogens is 119 g/mol. The monoisotopic (exact) mass is 134 g/mol. The fourth-order valence-corrected chi connectivity index (χ4v) is 2.31. The third kappa shape index (κ3) is 4.31. The Balaban J connectivity index is 2.92. The lowest BCUT2D eigenvalue weighted by Crippen LogP contribution is -2.01. The van der Waals surface area contributed by atoms with Crippen molar-refractivity contribution in [2.75, 3.05) is 0 Å². The highest BCUT2D eigenvalue weighted by Gasteiger charge is 2.04. The van der Waals surface area contributed by atoms with Crippen LogP contribution in [0.2, 0.25) is 12.1 Å². The lowest BCUT2D eigenvalue weighted by atomic mass is 10.6. The lowest BCUT2D eigenvalue weighted by molar-refractivity contribution is 0.781. The van der Waals surface area contributed by atoms with E-state index in [1.54, 1.807) is 0 Å². The molecule has 8 heavy (non-hydrogen) atoms. The summed E-state index contributed by atoms with van der Waals surface area (Å²) in [5.41, 5.74) is 0. The van der Waals surface area contributed by atoms with Crippen LogP contribution in [0.4, 0.5) is 4.11 Å². The standard InChI is InChI=1S/C6H15FSi/c1-3-5-8(7)6-4-2/h8H,3-6H2,1-2H3. The maximum Gasteiger partial charge on any atom is 0.231 e. The molecule has 0 aromatic rings. The smallest absolute Gasteiger partial charge is 0.231 e. The van der Waals surface area contributed by atoms with Crippen LogP contribution < -0.4 is 0 Å². The second-order valence-corrected chi connectivity index (χ2v) is 4.52. The predicted molar refractivity (Wildman–Crippen MR) is 38.5 cm³/mol. The largest absolute Gasteiger partial charge is 0.318 e. The first-order valence-electron chi connectivity index (χ1n) is 3.45. The van der Waals surface area contributed by atoms with Crippen molar-refractivity contribution in [2.24, 2.45) is 0 Å². The molecule has 0 N–H and O–H groups in total. The van der Waals surface area contributed by atoms with Crippen molar-refractivity contribution in [2.45, 2.75) is 38.8 Å². The molecule has 2 heteroatoms. The first-order chi connectivity index (χ1) is 3.81. The average Bonchev–Trinajstić information content (AvgIpc) is 1.68. The lowest BCUT2D eigenvalue weighted by Gasteiger charge is -1.98. The van der Waals surface area contributed by atoms with Crippen LogP contribution in [0, 0.1) is 0 Å². The number of hydrogen-bond acceptors (Lipinski definition) is 0. The van der Waals surface area contributed by atoms with Gasteiger partial charge in [-0.2, -0.15) is 0 Å². The fraction of sp³-hybridized carbons (Fsp3) is 1.00. The quantitative estimate of drug-likeness (QED) is 0.409. The molecule has 0 unspecified atom stereocenters. The van der Waals surface area contributed by atoms with Gasteiger partial charge in [0.15, 0.2) is 0 Å². The molecule has 0 rings (SSSR count). The Kier molecular flexibility index (Phi) is 5.38. The Morgan fingerprint density at radius 3 is 1.75 bits per heavy atom. The normalized spacial score (nSPS) is 10.5. The molecule has 0 aromatic carbocycles. The average molecular weight is 134 g/mol. The van der Waals surface area contributed by atoms with Crippen LogP contribution in [-0.2, 0) is 0 Å². The summed E-state index contributed by atoms with van der Waals surface area (Å²) < 4.78 is 12.5. The molecule has 0 aliphatic heterocycles. The van der Waals surface area contributed by atoms with Gasteiger partial charge in [0, 0.05) is 0 Å². The second kappa shape index (κ2) is 5.29. The van der Waals surface area contributed by atoms with Crippen LogP contribution in [0.25, 0.3) is 0 Å². The van der Waals surface area contributed by atoms with Crippen LogP contribution in [0.15, 0.2) is 0 Å². The molecular formula is C6H15FSi. The molecule has 0 aliphatic rings. The molecule has 0 saturated heterocycles. The summed E-state index contributed by atoms with van der Waals surface area (Å²) in [6, 6.07) is 1.77. The van der Waals surface area contributed by atoms with Gasteiger partial charge in [-0.05, 0) is 12.1 Å². The summed E-state index contributed by atoms with van der Waals surface area (Å²) in [7, 11) is -1.70. The zero-order valence-electron chi connectivity index (χ0n) is 5.78. The Morgan fingerprint density at radius 1 is 1.12 bits per heavy atom. The van der Waals surface area contributed by atoms with E-state index in [-0.39, 0.29) is 0 Å². The summed E-state index contributed by atoms with van der Waals surface area (Å²) in [6.45, 7) is 4.10. The van der Waals surface area contributed by atoms with E-state index in [1.807, 2.05) is 0 Å². The topological polar surface area (TPSA) is 0 Å². The van der Waals surface area contributed by atoms with E-state index in [2.05, 4.69) is 13.8 Å². The Labute approximate surface area is 52.9 Å². The number of halogens is 1. The molecule has 0 aromatic heterocycles. The zero-order chi connectivity index (χ0) is 6.41. The summed E-state index contributed by atoms with van der Waals surface area (Å²) >= 11 is 0. The van der Waals surface area contributed by atoms with E-state index in [0.29, 0.717) is 0 Å². The maximum absolute atomic E-state index is 12.5. The van der Waals surface area contributed by atoms with E-state index in [9.17, 15) is 4.11 Å². The van der Waals surface area contributed by atoms with E-state index >= 15 is 0 Å². The predicted octanol–water partition coefficient (Wildman–Crippen LogP) is 2.50. The molecule has 0 aliphatic carbocycles. The highest BCUT2D eigenvalue weighted by molar-refractivity contribution is 6.50. The van der Waals surface area contributed by atoms with Crippen LogP contribution in [0.5, 0.6) is 0 Å². The number of rotatable bonds is 4. The minimum absolute atomic E-state index is 0.883. The van der Waals surface area contributed by atoms with Crippen molar-refractivity contribution in [1.29, 1.82) is 0 Å². The molecule has 0 bridgehead atoms. The van der Waals surface area contributed by atoms with Crippen LogP contribution in [0.3, 0.4) is 0 Å². The zero-order valence-corrected chi connectivity index (χ0v) is 6.94. The number of hydrogen-bond donors (Lipinski definition) is 0. The molecule has 0 fully saturated rings. The van der Waals surface area contributed by atoms with Crippen molar-refractivity contribution in [3.05, 3.63) is 0 Å². The van der Waals surface area contributed by atoms with Crippen LogP contribution >= 0.6 is 0 Å². The summed E-state index contributed by atoms with van der Waals surface area (Å²) in [6.07, 6.45) is 2.07. The van der Waals surface area contributed by atoms with Gasteiger partial charge in [-0.1, -0.05) is 26.7 Å². The highest BCUT2D eigenvalue weighted by atomic mass is 28.3. The molecule has 0 saturated carbocycles. The van der Waals surface area contributed by atoms with E-state index in [0.717, 1.165) is 24.9 Å². The van der Waals surface area contributed by atoms with Crippen molar-refractivity contribution >= 4 is 9.13 Å². The van der Waals surface area contributed by atoms with E-state index < -0.39 is 9.13 Å². The van der Waals surface area contributed by atoms with Gasteiger partial charge in [-0.15, -0.1) is 0 Å². The van der Waals surface area contributed by atoms with Gasteiger partial charge in [0.25, 0.3) is 0 Å². The van der Waals surface area contributed by atoms with Crippen molar-refractivity contribution in [3.8, 4) is 0 Å². The van der Waals surface area contributed by atoms with E-state index in [1.165, 1.54) is 0 Å². The molecule has 0 amide bonds. The summed E-state index contributed by atoms with van der Waals surface area (Å²) in [5, 5.41) is 0. The summed E-state index contributed by atoms with van der Waals surface area (Å²) in [5.74, 6) is 0. The van der Waals surface area contributed by atoms with Crippen molar-refractivity contribution in [1.82, 2.24) is 0 Å². The second-order valence-electron chi connectivity index (χ2n) is 2.17.